The Morgan fingerprint density at radius 3 is 2.46 bits per heavy atom. The highest BCUT2D eigenvalue weighted by Gasteiger charge is 2.27. The minimum absolute atomic E-state index is 0.0862. The number of hydrogen-bond donors (Lipinski definition) is 3. The molecule has 0 aliphatic rings. The average molecular weight is 407 g/mol. The third-order valence-corrected chi connectivity index (χ3v) is 4.12. The normalized spacial score (nSPS) is 12.0. The monoisotopic (exact) mass is 407 g/mol. The Kier molecular flexibility index (Phi) is 6.94. The fourth-order valence-electron chi connectivity index (χ4n) is 2.00. The Hall–Kier alpha value is -3.14. The zero-order valence-corrected chi connectivity index (χ0v) is 16.4. The maximum Gasteiger partial charge on any atom is 0.413 e. The second kappa shape index (κ2) is 9.18. The maximum absolute atomic E-state index is 11.9. The van der Waals surface area contributed by atoms with E-state index >= 15 is 0 Å². The molecule has 0 aliphatic heterocycles. The smallest absolute Gasteiger partial charge is 0.413 e. The number of thiazole rings is 1. The van der Waals surface area contributed by atoms with Gasteiger partial charge in [0, 0.05) is 6.20 Å². The lowest BCUT2D eigenvalue weighted by atomic mass is 10.2. The number of nitrogens with one attached hydrogen (secondary N) is 2. The van der Waals surface area contributed by atoms with Crippen LogP contribution in [0.5, 0.6) is 0 Å². The predicted molar refractivity (Wildman–Crippen MR) is 102 cm³/mol. The molecular weight excluding hydrogens is 386 g/mol. The van der Waals surface area contributed by atoms with Gasteiger partial charge >= 0.3 is 18.2 Å². The van der Waals surface area contributed by atoms with Gasteiger partial charge in [-0.2, -0.15) is 0 Å². The van der Waals surface area contributed by atoms with Crippen molar-refractivity contribution >= 4 is 34.6 Å². The first-order chi connectivity index (χ1) is 13.1. The number of aromatic nitrogens is 1. The van der Waals surface area contributed by atoms with E-state index in [9.17, 15) is 19.5 Å². The number of amides is 2. The summed E-state index contributed by atoms with van der Waals surface area (Å²) in [7, 11) is 0. The molecule has 0 aliphatic carbocycles. The van der Waals surface area contributed by atoms with E-state index in [-0.39, 0.29) is 16.6 Å². The summed E-state index contributed by atoms with van der Waals surface area (Å²) in [5.74, 6) is -1.28. The van der Waals surface area contributed by atoms with Crippen LogP contribution in [0, 0.1) is 0 Å². The largest absolute Gasteiger partial charge is 0.479 e. The van der Waals surface area contributed by atoms with Crippen LogP contribution in [0.25, 0.3) is 0 Å². The summed E-state index contributed by atoms with van der Waals surface area (Å²) >= 11 is 0.905. The molecule has 0 fully saturated rings. The van der Waals surface area contributed by atoms with E-state index in [1.54, 1.807) is 20.8 Å². The van der Waals surface area contributed by atoms with E-state index in [1.165, 1.54) is 6.20 Å². The number of carbonyl (C=O) groups excluding carboxylic acids is 2. The second-order valence-corrected chi connectivity index (χ2v) is 7.73. The first kappa shape index (κ1) is 21.2. The molecule has 28 heavy (non-hydrogen) atoms. The van der Waals surface area contributed by atoms with Gasteiger partial charge in [-0.3, -0.25) is 5.32 Å². The van der Waals surface area contributed by atoms with Gasteiger partial charge in [-0.05, 0) is 26.3 Å². The second-order valence-electron chi connectivity index (χ2n) is 6.67. The third-order valence-electron chi connectivity index (χ3n) is 3.14. The van der Waals surface area contributed by atoms with Crippen LogP contribution >= 0.6 is 11.3 Å². The van der Waals surface area contributed by atoms with E-state index in [0.29, 0.717) is 0 Å². The Morgan fingerprint density at radius 2 is 1.86 bits per heavy atom. The molecule has 1 atom stereocenters. The van der Waals surface area contributed by atoms with Crippen LogP contribution in [-0.2, 0) is 20.9 Å². The van der Waals surface area contributed by atoms with Gasteiger partial charge in [-0.1, -0.05) is 41.7 Å². The summed E-state index contributed by atoms with van der Waals surface area (Å²) < 4.78 is 10.1. The molecule has 0 bridgehead atoms. The van der Waals surface area contributed by atoms with Crippen molar-refractivity contribution in [1.29, 1.82) is 0 Å². The minimum atomic E-state index is -1.36. The standard InChI is InChI=1S/C18H21N3O6S/c1-18(2,3)27-17(25)20-13(14(22)23)12-9-19-15(28-12)21-16(24)26-10-11-7-5-4-6-8-11/h4-9,13H,10H2,1-3H3,(H,20,25)(H,22,23)(H,19,21,24). The number of carboxylic acids is 1. The van der Waals surface area contributed by atoms with Crippen LogP contribution in [0.3, 0.4) is 0 Å². The van der Waals surface area contributed by atoms with Crippen molar-refractivity contribution in [3.63, 3.8) is 0 Å². The summed E-state index contributed by atoms with van der Waals surface area (Å²) in [5, 5.41) is 14.2. The number of aliphatic carboxylic acids is 1. The van der Waals surface area contributed by atoms with Crippen LogP contribution in [0.15, 0.2) is 36.5 Å². The number of rotatable bonds is 6. The number of anilines is 1. The number of nitrogens with zero attached hydrogens (tertiary/aromatic N) is 1. The molecule has 2 rings (SSSR count). The molecule has 0 saturated heterocycles. The van der Waals surface area contributed by atoms with Crippen LogP contribution < -0.4 is 10.6 Å². The summed E-state index contributed by atoms with van der Waals surface area (Å²) in [5.41, 5.74) is 0.0563. The number of benzene rings is 1. The van der Waals surface area contributed by atoms with Crippen LogP contribution in [0.4, 0.5) is 14.7 Å². The van der Waals surface area contributed by atoms with Gasteiger partial charge in [0.05, 0.1) is 4.88 Å². The number of carbonyl (C=O) groups is 3. The van der Waals surface area contributed by atoms with E-state index in [1.807, 2.05) is 30.3 Å². The van der Waals surface area contributed by atoms with E-state index in [0.717, 1.165) is 16.9 Å². The molecule has 0 saturated carbocycles. The number of hydrogen-bond acceptors (Lipinski definition) is 7. The quantitative estimate of drug-likeness (QED) is 0.668. The zero-order valence-electron chi connectivity index (χ0n) is 15.6. The van der Waals surface area contributed by atoms with Crippen molar-refractivity contribution in [2.45, 2.75) is 39.0 Å². The summed E-state index contributed by atoms with van der Waals surface area (Å²) in [6.45, 7) is 5.08. The Bertz CT molecular complexity index is 831. The molecule has 2 aromatic rings. The SMILES string of the molecule is CC(C)(C)OC(=O)NC(C(=O)O)c1cnc(NC(=O)OCc2ccccc2)s1. The predicted octanol–water partition coefficient (Wildman–Crippen LogP) is 3.54. The third kappa shape index (κ3) is 6.88. The van der Waals surface area contributed by atoms with Crippen molar-refractivity contribution in [3.05, 3.63) is 47.0 Å². The lowest BCUT2D eigenvalue weighted by Crippen LogP contribution is -2.37. The molecule has 150 valence electrons. The highest BCUT2D eigenvalue weighted by Crippen LogP contribution is 2.25. The summed E-state index contributed by atoms with van der Waals surface area (Å²) in [6.07, 6.45) is -0.338. The summed E-state index contributed by atoms with van der Waals surface area (Å²) in [6, 6.07) is 7.78. The molecule has 9 nitrogen and oxygen atoms in total. The lowest BCUT2D eigenvalue weighted by Gasteiger charge is -2.21. The van der Waals surface area contributed by atoms with Gasteiger partial charge < -0.3 is 19.9 Å². The van der Waals surface area contributed by atoms with Crippen molar-refractivity contribution in [2.75, 3.05) is 5.32 Å². The maximum atomic E-state index is 11.9. The van der Waals surface area contributed by atoms with Crippen molar-refractivity contribution < 1.29 is 29.0 Å². The van der Waals surface area contributed by atoms with Crippen LogP contribution in [-0.4, -0.2) is 33.8 Å². The molecule has 1 unspecified atom stereocenters. The lowest BCUT2D eigenvalue weighted by molar-refractivity contribution is -0.139. The van der Waals surface area contributed by atoms with Gasteiger partial charge in [-0.15, -0.1) is 0 Å². The van der Waals surface area contributed by atoms with Gasteiger partial charge in [-0.25, -0.2) is 19.4 Å². The number of ether oxygens (including phenoxy) is 2. The van der Waals surface area contributed by atoms with Crippen LogP contribution in [0.2, 0.25) is 0 Å². The first-order valence-corrected chi connectivity index (χ1v) is 9.11. The average Bonchev–Trinajstić information content (AvgIpc) is 3.05. The molecular formula is C18H21N3O6S. The number of alkyl carbamates (subject to hydrolysis) is 1. The van der Waals surface area contributed by atoms with Gasteiger partial charge in [0.25, 0.3) is 0 Å². The first-order valence-electron chi connectivity index (χ1n) is 8.30. The highest BCUT2D eigenvalue weighted by molar-refractivity contribution is 7.15. The Balaban J connectivity index is 1.95. The molecule has 10 heteroatoms. The van der Waals surface area contributed by atoms with E-state index in [4.69, 9.17) is 9.47 Å². The van der Waals surface area contributed by atoms with Gasteiger partial charge in [0.1, 0.15) is 12.2 Å². The topological polar surface area (TPSA) is 127 Å². The molecule has 0 spiro atoms. The van der Waals surface area contributed by atoms with Crippen molar-refractivity contribution in [2.24, 2.45) is 0 Å². The molecule has 1 aromatic carbocycles. The zero-order chi connectivity index (χ0) is 20.7. The van der Waals surface area contributed by atoms with E-state index < -0.39 is 29.8 Å². The fraction of sp³-hybridized carbons (Fsp3) is 0.333. The van der Waals surface area contributed by atoms with Crippen molar-refractivity contribution in [1.82, 2.24) is 10.3 Å². The molecule has 2 amide bonds. The molecule has 0 radical (unpaired) electrons. The van der Waals surface area contributed by atoms with Crippen molar-refractivity contribution in [3.8, 4) is 0 Å². The van der Waals surface area contributed by atoms with Crippen LogP contribution in [0.1, 0.15) is 37.3 Å². The highest BCUT2D eigenvalue weighted by atomic mass is 32.1. The van der Waals surface area contributed by atoms with Gasteiger partial charge in [0.2, 0.25) is 0 Å². The fourth-order valence-corrected chi connectivity index (χ4v) is 2.85. The molecule has 1 aromatic heterocycles. The Labute approximate surface area is 165 Å². The van der Waals surface area contributed by atoms with Gasteiger partial charge in [0.15, 0.2) is 11.2 Å². The summed E-state index contributed by atoms with van der Waals surface area (Å²) in [4.78, 5) is 39.4. The minimum Gasteiger partial charge on any atom is -0.479 e. The molecule has 1 heterocycles. The Morgan fingerprint density at radius 1 is 1.18 bits per heavy atom. The number of carboxylic acid groups (broad SMARTS) is 1. The van der Waals surface area contributed by atoms with E-state index in [2.05, 4.69) is 15.6 Å². The molecule has 3 N–H and O–H groups in total.